The molecule has 0 aromatic heterocycles. The molecule has 1 aliphatic rings. The Morgan fingerprint density at radius 1 is 1.31 bits per heavy atom. The second-order valence-electron chi connectivity index (χ2n) is 3.85. The van der Waals surface area contributed by atoms with Crippen LogP contribution in [0.25, 0.3) is 0 Å². The van der Waals surface area contributed by atoms with E-state index >= 15 is 0 Å². The zero-order chi connectivity index (χ0) is 11.8. The molecule has 3 nitrogen and oxygen atoms in total. The number of benzene rings is 1. The summed E-state index contributed by atoms with van der Waals surface area (Å²) in [5.41, 5.74) is -0.907. The second kappa shape index (κ2) is 3.98. The van der Waals surface area contributed by atoms with Gasteiger partial charge in [0.15, 0.2) is 0 Å². The minimum atomic E-state index is -3.73. The molecule has 0 aliphatic carbocycles. The molecule has 1 atom stereocenters. The lowest BCUT2D eigenvalue weighted by Crippen LogP contribution is -2.23. The van der Waals surface area contributed by atoms with E-state index in [9.17, 15) is 12.8 Å². The van der Waals surface area contributed by atoms with Gasteiger partial charge in [-0.2, -0.15) is 0 Å². The van der Waals surface area contributed by atoms with E-state index in [-0.39, 0.29) is 11.4 Å². The van der Waals surface area contributed by atoms with Crippen LogP contribution in [-0.2, 0) is 14.7 Å². The minimum absolute atomic E-state index is 0.00697. The second-order valence-corrected chi connectivity index (χ2v) is 6.42. The van der Waals surface area contributed by atoms with E-state index in [1.807, 2.05) is 0 Å². The number of rotatable bonds is 2. The third-order valence-corrected chi connectivity index (χ3v) is 4.13. The molecule has 0 spiro atoms. The molecule has 1 aliphatic heterocycles. The van der Waals surface area contributed by atoms with Crippen LogP contribution in [0.4, 0.5) is 4.39 Å². The lowest BCUT2D eigenvalue weighted by atomic mass is 9.95. The fourth-order valence-corrected chi connectivity index (χ4v) is 2.59. The molecule has 1 aromatic carbocycles. The molecule has 6 heteroatoms. The highest BCUT2D eigenvalue weighted by Crippen LogP contribution is 2.32. The molecule has 0 bridgehead atoms. The van der Waals surface area contributed by atoms with Gasteiger partial charge in [0.05, 0.1) is 4.90 Å². The third-order valence-electron chi connectivity index (χ3n) is 2.76. The van der Waals surface area contributed by atoms with Crippen molar-refractivity contribution < 1.29 is 12.8 Å². The van der Waals surface area contributed by atoms with Crippen molar-refractivity contribution in [3.8, 4) is 0 Å². The lowest BCUT2D eigenvalue weighted by Gasteiger charge is -2.18. The van der Waals surface area contributed by atoms with Crippen molar-refractivity contribution in [2.75, 3.05) is 13.1 Å². The number of hydrogen-bond donors (Lipinski definition) is 1. The van der Waals surface area contributed by atoms with E-state index in [4.69, 9.17) is 10.7 Å². The normalized spacial score (nSPS) is 25.9. The Labute approximate surface area is 98.0 Å². The van der Waals surface area contributed by atoms with E-state index < -0.39 is 14.7 Å². The summed E-state index contributed by atoms with van der Waals surface area (Å²) < 4.78 is 36.2. The molecular weight excluding hydrogens is 253 g/mol. The fourth-order valence-electron chi connectivity index (χ4n) is 1.82. The largest absolute Gasteiger partial charge is 0.313 e. The van der Waals surface area contributed by atoms with Gasteiger partial charge >= 0.3 is 0 Å². The molecule has 2 rings (SSSR count). The predicted molar refractivity (Wildman–Crippen MR) is 59.8 cm³/mol. The van der Waals surface area contributed by atoms with Crippen LogP contribution in [0.15, 0.2) is 29.2 Å². The zero-order valence-electron chi connectivity index (χ0n) is 8.41. The average molecular weight is 264 g/mol. The maximum absolute atomic E-state index is 14.2. The van der Waals surface area contributed by atoms with E-state index in [1.54, 1.807) is 0 Å². The SMILES string of the molecule is O=S(=O)(Cl)c1ccc(C2(F)CCNC2)cc1. The molecule has 16 heavy (non-hydrogen) atoms. The Balaban J connectivity index is 2.33. The summed E-state index contributed by atoms with van der Waals surface area (Å²) in [6.45, 7) is 0.895. The Hall–Kier alpha value is -0.650. The maximum Gasteiger partial charge on any atom is 0.261 e. The molecule has 0 saturated carbocycles. The minimum Gasteiger partial charge on any atom is -0.313 e. The first-order valence-corrected chi connectivity index (χ1v) is 7.18. The van der Waals surface area contributed by atoms with Crippen LogP contribution >= 0.6 is 10.7 Å². The van der Waals surface area contributed by atoms with Crippen LogP contribution in [0.5, 0.6) is 0 Å². The van der Waals surface area contributed by atoms with Crippen molar-refractivity contribution in [2.24, 2.45) is 0 Å². The topological polar surface area (TPSA) is 46.2 Å². The summed E-state index contributed by atoms with van der Waals surface area (Å²) in [7, 11) is 1.44. The van der Waals surface area contributed by atoms with Crippen LogP contribution in [0.3, 0.4) is 0 Å². The van der Waals surface area contributed by atoms with Crippen LogP contribution < -0.4 is 5.32 Å². The van der Waals surface area contributed by atoms with Gasteiger partial charge in [-0.25, -0.2) is 12.8 Å². The van der Waals surface area contributed by atoms with Crippen molar-refractivity contribution in [1.82, 2.24) is 5.32 Å². The van der Waals surface area contributed by atoms with Crippen LogP contribution in [0, 0.1) is 0 Å². The highest BCUT2D eigenvalue weighted by molar-refractivity contribution is 8.13. The molecule has 0 radical (unpaired) electrons. The van der Waals surface area contributed by atoms with Gasteiger partial charge in [-0.05, 0) is 30.7 Å². The van der Waals surface area contributed by atoms with Crippen molar-refractivity contribution in [3.63, 3.8) is 0 Å². The molecule has 0 amide bonds. The molecule has 1 unspecified atom stereocenters. The summed E-state index contributed by atoms with van der Waals surface area (Å²) in [4.78, 5) is -0.00697. The van der Waals surface area contributed by atoms with Gasteiger partial charge in [0, 0.05) is 17.2 Å². The molecule has 1 N–H and O–H groups in total. The van der Waals surface area contributed by atoms with E-state index in [2.05, 4.69) is 5.32 Å². The van der Waals surface area contributed by atoms with E-state index in [0.29, 0.717) is 18.5 Å². The lowest BCUT2D eigenvalue weighted by molar-refractivity contribution is 0.193. The maximum atomic E-state index is 14.2. The molecule has 1 heterocycles. The summed E-state index contributed by atoms with van der Waals surface area (Å²) in [6.07, 6.45) is 0.403. The van der Waals surface area contributed by atoms with E-state index in [1.165, 1.54) is 24.3 Å². The van der Waals surface area contributed by atoms with Gasteiger partial charge in [-0.3, -0.25) is 0 Å². The molecule has 1 saturated heterocycles. The van der Waals surface area contributed by atoms with Crippen LogP contribution in [-0.4, -0.2) is 21.5 Å². The number of hydrogen-bond acceptors (Lipinski definition) is 3. The molecule has 1 aromatic rings. The highest BCUT2D eigenvalue weighted by atomic mass is 35.7. The number of alkyl halides is 1. The molecular formula is C10H11ClFNO2S. The monoisotopic (exact) mass is 263 g/mol. The van der Waals surface area contributed by atoms with Crippen LogP contribution in [0.1, 0.15) is 12.0 Å². The van der Waals surface area contributed by atoms with Gasteiger partial charge in [0.1, 0.15) is 5.67 Å². The van der Waals surface area contributed by atoms with Crippen molar-refractivity contribution in [1.29, 1.82) is 0 Å². The quantitative estimate of drug-likeness (QED) is 0.828. The Kier molecular flexibility index (Phi) is 2.94. The Morgan fingerprint density at radius 3 is 2.38 bits per heavy atom. The van der Waals surface area contributed by atoms with Gasteiger partial charge in [0.25, 0.3) is 9.05 Å². The van der Waals surface area contributed by atoms with Crippen molar-refractivity contribution in [2.45, 2.75) is 17.0 Å². The summed E-state index contributed by atoms with van der Waals surface area (Å²) in [6, 6.07) is 5.61. The van der Waals surface area contributed by atoms with Crippen LogP contribution in [0.2, 0.25) is 0 Å². The van der Waals surface area contributed by atoms with Gasteiger partial charge in [0.2, 0.25) is 0 Å². The first-order valence-electron chi connectivity index (χ1n) is 4.87. The third kappa shape index (κ3) is 2.21. The van der Waals surface area contributed by atoms with E-state index in [0.717, 1.165) is 0 Å². The standard InChI is InChI=1S/C10H11ClFNO2S/c11-16(14,15)9-3-1-8(2-4-9)10(12)5-6-13-7-10/h1-4,13H,5-7H2. The summed E-state index contributed by atoms with van der Waals surface area (Å²) >= 11 is 0. The average Bonchev–Trinajstić information content (AvgIpc) is 2.66. The number of nitrogens with one attached hydrogen (secondary N) is 1. The zero-order valence-corrected chi connectivity index (χ0v) is 9.98. The van der Waals surface area contributed by atoms with Crippen molar-refractivity contribution >= 4 is 19.7 Å². The summed E-state index contributed by atoms with van der Waals surface area (Å²) in [5, 5.41) is 2.94. The fraction of sp³-hybridized carbons (Fsp3) is 0.400. The predicted octanol–water partition coefficient (Wildman–Crippen LogP) is 1.77. The molecule has 88 valence electrons. The Morgan fingerprint density at radius 2 is 1.94 bits per heavy atom. The first kappa shape index (κ1) is 11.8. The Bertz CT molecular complexity index is 480. The highest BCUT2D eigenvalue weighted by Gasteiger charge is 2.35. The first-order chi connectivity index (χ1) is 7.42. The van der Waals surface area contributed by atoms with Gasteiger partial charge in [-0.15, -0.1) is 0 Å². The smallest absolute Gasteiger partial charge is 0.261 e. The van der Waals surface area contributed by atoms with Gasteiger partial charge < -0.3 is 5.32 Å². The molecule has 1 fully saturated rings. The van der Waals surface area contributed by atoms with Gasteiger partial charge in [-0.1, -0.05) is 12.1 Å². The number of halogens is 2. The summed E-state index contributed by atoms with van der Waals surface area (Å²) in [5.74, 6) is 0. The van der Waals surface area contributed by atoms with Crippen molar-refractivity contribution in [3.05, 3.63) is 29.8 Å².